The Morgan fingerprint density at radius 2 is 1.81 bits per heavy atom. The Morgan fingerprint density at radius 1 is 1.06 bits per heavy atom. The molecule has 0 bridgehead atoms. The molecule has 0 spiro atoms. The van der Waals surface area contributed by atoms with E-state index in [-0.39, 0.29) is 29.0 Å². The van der Waals surface area contributed by atoms with Gasteiger partial charge in [0.25, 0.3) is 5.91 Å². The van der Waals surface area contributed by atoms with Crippen LogP contribution in [-0.4, -0.2) is 57.1 Å². The van der Waals surface area contributed by atoms with Gasteiger partial charge in [0.1, 0.15) is 0 Å². The molecular formula is C22H28ClN3O3S2. The van der Waals surface area contributed by atoms with E-state index in [0.717, 1.165) is 16.6 Å². The highest BCUT2D eigenvalue weighted by Gasteiger charge is 2.23. The number of nitrogens with zero attached hydrogens (tertiary/aromatic N) is 3. The first-order chi connectivity index (χ1) is 14.2. The Bertz CT molecular complexity index is 1160. The summed E-state index contributed by atoms with van der Waals surface area (Å²) in [7, 11) is 0.504. The number of amides is 1. The largest absolute Gasteiger partial charge is 0.308 e. The lowest BCUT2D eigenvalue weighted by Gasteiger charge is -2.22. The van der Waals surface area contributed by atoms with Crippen molar-refractivity contribution in [1.29, 1.82) is 0 Å². The minimum absolute atomic E-state index is 0. The van der Waals surface area contributed by atoms with Crippen LogP contribution in [-0.2, 0) is 16.3 Å². The van der Waals surface area contributed by atoms with Crippen LogP contribution in [0.15, 0.2) is 47.4 Å². The fourth-order valence-corrected chi connectivity index (χ4v) is 5.00. The maximum absolute atomic E-state index is 13.4. The van der Waals surface area contributed by atoms with Gasteiger partial charge in [-0.3, -0.25) is 9.69 Å². The molecule has 1 aromatic heterocycles. The monoisotopic (exact) mass is 481 g/mol. The van der Waals surface area contributed by atoms with Gasteiger partial charge >= 0.3 is 0 Å². The van der Waals surface area contributed by atoms with Gasteiger partial charge in [0.15, 0.2) is 15.0 Å². The van der Waals surface area contributed by atoms with Crippen LogP contribution in [0.1, 0.15) is 29.8 Å². The topological polar surface area (TPSA) is 70.6 Å². The smallest absolute Gasteiger partial charge is 0.260 e. The Hall–Kier alpha value is -2.00. The molecule has 1 heterocycles. The van der Waals surface area contributed by atoms with Gasteiger partial charge in [0.2, 0.25) is 0 Å². The minimum Gasteiger partial charge on any atom is -0.308 e. The quantitative estimate of drug-likeness (QED) is 0.480. The molecule has 0 saturated heterocycles. The number of aryl methyl sites for hydroxylation is 1. The zero-order valence-electron chi connectivity index (χ0n) is 18.2. The summed E-state index contributed by atoms with van der Waals surface area (Å²) in [6, 6.07) is 12.4. The Kier molecular flexibility index (Phi) is 8.59. The van der Waals surface area contributed by atoms with E-state index in [2.05, 4.69) is 24.0 Å². The molecule has 2 aromatic carbocycles. The van der Waals surface area contributed by atoms with E-state index in [1.54, 1.807) is 24.0 Å². The lowest BCUT2D eigenvalue weighted by atomic mass is 10.2. The van der Waals surface area contributed by atoms with Crippen LogP contribution < -0.4 is 4.90 Å². The lowest BCUT2D eigenvalue weighted by Crippen LogP contribution is -2.36. The lowest BCUT2D eigenvalue weighted by molar-refractivity contribution is 0.0985. The highest BCUT2D eigenvalue weighted by Crippen LogP contribution is 2.31. The number of fused-ring (bicyclic) bond motifs is 1. The summed E-state index contributed by atoms with van der Waals surface area (Å²) < 4.78 is 25.6. The molecule has 0 radical (unpaired) electrons. The number of carbonyl (C=O) groups is 1. The van der Waals surface area contributed by atoms with E-state index >= 15 is 0 Å². The third-order valence-electron chi connectivity index (χ3n) is 4.92. The zero-order valence-corrected chi connectivity index (χ0v) is 20.6. The Balaban J connectivity index is 0.00000341. The molecule has 0 aliphatic rings. The summed E-state index contributed by atoms with van der Waals surface area (Å²) in [5.41, 5.74) is 2.43. The molecule has 168 valence electrons. The molecule has 0 unspecified atom stereocenters. The molecule has 1 amide bonds. The zero-order chi connectivity index (χ0) is 21.9. The van der Waals surface area contributed by atoms with Crippen LogP contribution in [0.25, 0.3) is 10.2 Å². The first-order valence-corrected chi connectivity index (χ1v) is 12.4. The highest BCUT2D eigenvalue weighted by molar-refractivity contribution is 7.91. The molecule has 3 aromatic rings. The van der Waals surface area contributed by atoms with E-state index in [1.165, 1.54) is 29.0 Å². The van der Waals surface area contributed by atoms with E-state index < -0.39 is 9.84 Å². The number of halogens is 1. The van der Waals surface area contributed by atoms with Gasteiger partial charge in [0, 0.05) is 18.7 Å². The second kappa shape index (κ2) is 10.5. The Labute approximate surface area is 194 Å². The van der Waals surface area contributed by atoms with Crippen molar-refractivity contribution in [2.75, 3.05) is 37.8 Å². The highest BCUT2D eigenvalue weighted by atomic mass is 35.5. The van der Waals surface area contributed by atoms with E-state index in [1.807, 2.05) is 25.1 Å². The van der Waals surface area contributed by atoms with Gasteiger partial charge in [0.05, 0.1) is 20.9 Å². The number of thiazole rings is 1. The van der Waals surface area contributed by atoms with Crippen molar-refractivity contribution in [1.82, 2.24) is 9.88 Å². The van der Waals surface area contributed by atoms with Crippen LogP contribution in [0.2, 0.25) is 0 Å². The average Bonchev–Trinajstić information content (AvgIpc) is 3.16. The third kappa shape index (κ3) is 5.83. The van der Waals surface area contributed by atoms with Crippen molar-refractivity contribution >= 4 is 54.8 Å². The number of carbonyl (C=O) groups excluding carboxylic acids is 1. The first kappa shape index (κ1) is 25.3. The van der Waals surface area contributed by atoms with E-state index in [4.69, 9.17) is 0 Å². The molecule has 0 aliphatic carbocycles. The van der Waals surface area contributed by atoms with Crippen molar-refractivity contribution in [2.24, 2.45) is 0 Å². The summed E-state index contributed by atoms with van der Waals surface area (Å²) in [5, 5.41) is 0.619. The van der Waals surface area contributed by atoms with Crippen molar-refractivity contribution in [2.45, 2.75) is 25.2 Å². The third-order valence-corrected chi connectivity index (χ3v) is 7.69. The van der Waals surface area contributed by atoms with E-state index in [9.17, 15) is 13.2 Å². The second-order valence-electron chi connectivity index (χ2n) is 7.34. The minimum atomic E-state index is -3.39. The fraction of sp³-hybridized carbons (Fsp3) is 0.364. The molecule has 0 N–H and O–H groups in total. The van der Waals surface area contributed by atoms with Gasteiger partial charge in [-0.05, 0) is 56.4 Å². The van der Waals surface area contributed by atoms with Crippen LogP contribution in [0.3, 0.4) is 0 Å². The van der Waals surface area contributed by atoms with Crippen molar-refractivity contribution in [3.63, 3.8) is 0 Å². The SMILES string of the molecule is CCc1ccc2nc(N(CCN(C)C)C(=O)c3cccc(S(=O)(=O)CC)c3)sc2c1.Cl. The number of hydrogen-bond acceptors (Lipinski definition) is 6. The molecule has 0 atom stereocenters. The summed E-state index contributed by atoms with van der Waals surface area (Å²) >= 11 is 1.48. The molecule has 0 saturated carbocycles. The predicted molar refractivity (Wildman–Crippen MR) is 131 cm³/mol. The number of anilines is 1. The molecule has 31 heavy (non-hydrogen) atoms. The molecule has 6 nitrogen and oxygen atoms in total. The molecule has 3 rings (SSSR count). The second-order valence-corrected chi connectivity index (χ2v) is 10.6. The predicted octanol–water partition coefficient (Wildman–Crippen LogP) is 4.28. The van der Waals surface area contributed by atoms with Gasteiger partial charge in [-0.1, -0.05) is 37.3 Å². The van der Waals surface area contributed by atoms with Crippen LogP contribution in [0.4, 0.5) is 5.13 Å². The van der Waals surface area contributed by atoms with Gasteiger partial charge in [-0.15, -0.1) is 12.4 Å². The molecule has 0 aliphatic heterocycles. The molecular weight excluding hydrogens is 454 g/mol. The van der Waals surface area contributed by atoms with Crippen LogP contribution in [0, 0.1) is 0 Å². The number of aromatic nitrogens is 1. The standard InChI is InChI=1S/C22H27N3O3S2.ClH/c1-5-16-10-11-19-20(14-16)29-22(23-19)25(13-12-24(3)4)21(26)17-8-7-9-18(15-17)30(27,28)6-2;/h7-11,14-15H,5-6,12-13H2,1-4H3;1H. The van der Waals surface area contributed by atoms with Gasteiger partial charge < -0.3 is 4.90 Å². The summed E-state index contributed by atoms with van der Waals surface area (Å²) in [4.78, 5) is 21.9. The van der Waals surface area contributed by atoms with Crippen molar-refractivity contribution in [3.05, 3.63) is 53.6 Å². The summed E-state index contributed by atoms with van der Waals surface area (Å²) in [6.07, 6.45) is 0.936. The number of sulfone groups is 1. The fourth-order valence-electron chi connectivity index (χ4n) is 3.02. The van der Waals surface area contributed by atoms with Gasteiger partial charge in [-0.2, -0.15) is 0 Å². The van der Waals surface area contributed by atoms with Crippen LogP contribution >= 0.6 is 23.7 Å². The number of rotatable bonds is 8. The maximum atomic E-state index is 13.4. The normalized spacial score (nSPS) is 11.5. The number of likely N-dealkylation sites (N-methyl/N-ethyl adjacent to an activating group) is 1. The molecule has 0 fully saturated rings. The number of hydrogen-bond donors (Lipinski definition) is 0. The van der Waals surface area contributed by atoms with Crippen molar-refractivity contribution in [3.8, 4) is 0 Å². The van der Waals surface area contributed by atoms with Crippen LogP contribution in [0.5, 0.6) is 0 Å². The molecule has 9 heteroatoms. The first-order valence-electron chi connectivity index (χ1n) is 9.94. The summed E-state index contributed by atoms with van der Waals surface area (Å²) in [5.74, 6) is -0.258. The summed E-state index contributed by atoms with van der Waals surface area (Å²) in [6.45, 7) is 4.82. The van der Waals surface area contributed by atoms with Crippen molar-refractivity contribution < 1.29 is 13.2 Å². The average molecular weight is 482 g/mol. The number of benzene rings is 2. The Morgan fingerprint density at radius 3 is 2.45 bits per heavy atom. The van der Waals surface area contributed by atoms with E-state index in [0.29, 0.717) is 23.8 Å². The van der Waals surface area contributed by atoms with Gasteiger partial charge in [-0.25, -0.2) is 13.4 Å². The maximum Gasteiger partial charge on any atom is 0.260 e.